The number of hydrogen-bond acceptors (Lipinski definition) is 3. The monoisotopic (exact) mass is 284 g/mol. The molecule has 0 amide bonds. The molecule has 1 aliphatic rings. The van der Waals surface area contributed by atoms with Crippen molar-refractivity contribution < 1.29 is 13.2 Å². The molecule has 2 heterocycles. The number of thioether (sulfide) groups is 1. The van der Waals surface area contributed by atoms with Gasteiger partial charge in [-0.1, -0.05) is 0 Å². The van der Waals surface area contributed by atoms with E-state index in [0.717, 1.165) is 12.1 Å². The van der Waals surface area contributed by atoms with E-state index in [2.05, 4.69) is 9.97 Å². The van der Waals surface area contributed by atoms with Gasteiger partial charge in [-0.15, -0.1) is 0 Å². The Balaban J connectivity index is 2.18. The first kappa shape index (κ1) is 12.3. The highest BCUT2D eigenvalue weighted by molar-refractivity contribution is 7.98. The maximum atomic E-state index is 13.2. The molecule has 0 bridgehead atoms. The lowest BCUT2D eigenvalue weighted by Crippen LogP contribution is -2.15. The Morgan fingerprint density at radius 1 is 1.16 bits per heavy atom. The Morgan fingerprint density at radius 3 is 2.53 bits per heavy atom. The summed E-state index contributed by atoms with van der Waals surface area (Å²) in [7, 11) is 0. The summed E-state index contributed by atoms with van der Waals surface area (Å²) in [5.41, 5.74) is 0.869. The molecule has 0 atom stereocenters. The zero-order chi connectivity index (χ0) is 13.6. The normalized spacial score (nSPS) is 13.6. The van der Waals surface area contributed by atoms with Crippen LogP contribution in [0.3, 0.4) is 0 Å². The van der Waals surface area contributed by atoms with Crippen LogP contribution in [0, 0.1) is 17.5 Å². The Bertz CT molecular complexity index is 706. The van der Waals surface area contributed by atoms with Gasteiger partial charge in [0.25, 0.3) is 5.56 Å². The van der Waals surface area contributed by atoms with Gasteiger partial charge in [0.05, 0.1) is 5.69 Å². The van der Waals surface area contributed by atoms with Crippen LogP contribution in [0.2, 0.25) is 0 Å². The van der Waals surface area contributed by atoms with E-state index in [9.17, 15) is 18.0 Å². The molecule has 0 saturated heterocycles. The lowest BCUT2D eigenvalue weighted by atomic mass is 10.1. The Labute approximate surface area is 109 Å². The molecule has 1 N–H and O–H groups in total. The van der Waals surface area contributed by atoms with Gasteiger partial charge in [0.1, 0.15) is 5.82 Å². The van der Waals surface area contributed by atoms with Crippen LogP contribution in [0.5, 0.6) is 0 Å². The minimum absolute atomic E-state index is 0.00759. The quantitative estimate of drug-likeness (QED) is 0.819. The van der Waals surface area contributed by atoms with E-state index in [4.69, 9.17) is 0 Å². The topological polar surface area (TPSA) is 45.8 Å². The van der Waals surface area contributed by atoms with Crippen LogP contribution in [0.15, 0.2) is 16.9 Å². The number of halogens is 3. The van der Waals surface area contributed by atoms with Gasteiger partial charge in [0, 0.05) is 22.6 Å². The zero-order valence-electron chi connectivity index (χ0n) is 9.47. The van der Waals surface area contributed by atoms with Crippen molar-refractivity contribution in [3.8, 4) is 11.4 Å². The van der Waals surface area contributed by atoms with Crippen molar-refractivity contribution in [2.75, 3.05) is 0 Å². The van der Waals surface area contributed by atoms with Crippen molar-refractivity contribution in [2.24, 2.45) is 0 Å². The smallest absolute Gasteiger partial charge is 0.255 e. The summed E-state index contributed by atoms with van der Waals surface area (Å²) in [6, 6.07) is 1.62. The molecule has 19 heavy (non-hydrogen) atoms. The van der Waals surface area contributed by atoms with E-state index in [-0.39, 0.29) is 16.9 Å². The van der Waals surface area contributed by atoms with Crippen LogP contribution >= 0.6 is 11.8 Å². The van der Waals surface area contributed by atoms with Crippen LogP contribution in [-0.4, -0.2) is 9.97 Å². The van der Waals surface area contributed by atoms with Gasteiger partial charge < -0.3 is 4.98 Å². The molecule has 1 aliphatic heterocycles. The number of aromatic nitrogens is 2. The van der Waals surface area contributed by atoms with Crippen molar-refractivity contribution in [1.29, 1.82) is 0 Å². The van der Waals surface area contributed by atoms with Crippen LogP contribution in [-0.2, 0) is 11.5 Å². The second kappa shape index (κ2) is 4.41. The van der Waals surface area contributed by atoms with Crippen molar-refractivity contribution >= 4 is 11.8 Å². The van der Waals surface area contributed by atoms with E-state index in [1.807, 2.05) is 0 Å². The maximum Gasteiger partial charge on any atom is 0.255 e. The van der Waals surface area contributed by atoms with E-state index in [0.29, 0.717) is 22.8 Å². The molecular formula is C12H7F3N2OS. The number of fused-ring (bicyclic) bond motifs is 1. The molecule has 1 aromatic heterocycles. The predicted molar refractivity (Wildman–Crippen MR) is 65.2 cm³/mol. The Morgan fingerprint density at radius 2 is 1.84 bits per heavy atom. The fourth-order valence-corrected chi connectivity index (χ4v) is 2.93. The summed E-state index contributed by atoms with van der Waals surface area (Å²) in [6.07, 6.45) is 0. The molecule has 7 heteroatoms. The van der Waals surface area contributed by atoms with E-state index >= 15 is 0 Å². The first-order chi connectivity index (χ1) is 9.06. The number of H-pyrrole nitrogens is 1. The number of hydrogen-bond donors (Lipinski definition) is 1. The molecule has 3 rings (SSSR count). The molecule has 98 valence electrons. The largest absolute Gasteiger partial charge is 0.306 e. The van der Waals surface area contributed by atoms with Crippen LogP contribution < -0.4 is 5.56 Å². The second-order valence-electron chi connectivity index (χ2n) is 4.09. The first-order valence-electron chi connectivity index (χ1n) is 5.41. The van der Waals surface area contributed by atoms with Gasteiger partial charge in [-0.05, 0) is 12.1 Å². The third kappa shape index (κ3) is 2.03. The van der Waals surface area contributed by atoms with E-state index in [1.54, 1.807) is 0 Å². The summed E-state index contributed by atoms with van der Waals surface area (Å²) in [5, 5.41) is 0. The van der Waals surface area contributed by atoms with Crippen molar-refractivity contribution in [1.82, 2.24) is 9.97 Å². The number of nitrogens with zero attached hydrogens (tertiary/aromatic N) is 1. The molecular weight excluding hydrogens is 277 g/mol. The molecule has 2 aromatic rings. The highest BCUT2D eigenvalue weighted by Crippen LogP contribution is 2.27. The standard InChI is InChI=1S/C12H7F3N2OS/c13-7-1-5(2-8(14)10(7)15)11-16-9-4-19-3-6(9)12(18)17-11/h1-2H,3-4H2,(H,16,17,18). The molecule has 0 radical (unpaired) electrons. The number of nitrogens with one attached hydrogen (secondary N) is 1. The van der Waals surface area contributed by atoms with Crippen LogP contribution in [0.1, 0.15) is 11.3 Å². The highest BCUT2D eigenvalue weighted by Gasteiger charge is 2.19. The molecule has 0 fully saturated rings. The van der Waals surface area contributed by atoms with Gasteiger partial charge in [-0.25, -0.2) is 18.2 Å². The minimum Gasteiger partial charge on any atom is -0.306 e. The molecule has 1 aromatic carbocycles. The van der Waals surface area contributed by atoms with Crippen molar-refractivity contribution in [2.45, 2.75) is 11.5 Å². The second-order valence-corrected chi connectivity index (χ2v) is 5.07. The van der Waals surface area contributed by atoms with E-state index in [1.165, 1.54) is 11.8 Å². The minimum atomic E-state index is -1.54. The van der Waals surface area contributed by atoms with Crippen LogP contribution in [0.25, 0.3) is 11.4 Å². The average Bonchev–Trinajstić information content (AvgIpc) is 2.84. The third-order valence-corrected chi connectivity index (χ3v) is 3.81. The lowest BCUT2D eigenvalue weighted by Gasteiger charge is -2.05. The van der Waals surface area contributed by atoms with Crippen molar-refractivity contribution in [3.05, 3.63) is 51.2 Å². The summed E-state index contributed by atoms with van der Waals surface area (Å²) >= 11 is 1.54. The molecule has 0 aliphatic carbocycles. The fourth-order valence-electron chi connectivity index (χ4n) is 1.89. The Kier molecular flexibility index (Phi) is 2.85. The van der Waals surface area contributed by atoms with Crippen LogP contribution in [0.4, 0.5) is 13.2 Å². The highest BCUT2D eigenvalue weighted by atomic mass is 32.2. The molecule has 3 nitrogen and oxygen atoms in total. The number of benzene rings is 1. The Hall–Kier alpha value is -1.76. The summed E-state index contributed by atoms with van der Waals surface area (Å²) in [5.74, 6) is -2.96. The summed E-state index contributed by atoms with van der Waals surface area (Å²) < 4.78 is 39.2. The third-order valence-electron chi connectivity index (χ3n) is 2.84. The molecule has 0 unspecified atom stereocenters. The molecule has 0 saturated carbocycles. The zero-order valence-corrected chi connectivity index (χ0v) is 10.3. The predicted octanol–water partition coefficient (Wildman–Crippen LogP) is 2.60. The SMILES string of the molecule is O=c1[nH]c(-c2cc(F)c(F)c(F)c2)nc2c1CSC2. The van der Waals surface area contributed by atoms with Gasteiger partial charge in [0.2, 0.25) is 0 Å². The summed E-state index contributed by atoms with van der Waals surface area (Å²) in [6.45, 7) is 0. The average molecular weight is 284 g/mol. The number of aromatic amines is 1. The number of rotatable bonds is 1. The fraction of sp³-hybridized carbons (Fsp3) is 0.167. The first-order valence-corrected chi connectivity index (χ1v) is 6.56. The lowest BCUT2D eigenvalue weighted by molar-refractivity contribution is 0.447. The van der Waals surface area contributed by atoms with Crippen molar-refractivity contribution in [3.63, 3.8) is 0 Å². The van der Waals surface area contributed by atoms with Gasteiger partial charge in [-0.2, -0.15) is 11.8 Å². The maximum absolute atomic E-state index is 13.2. The van der Waals surface area contributed by atoms with E-state index < -0.39 is 17.5 Å². The molecule has 0 spiro atoms. The van der Waals surface area contributed by atoms with Gasteiger partial charge in [0.15, 0.2) is 17.5 Å². The van der Waals surface area contributed by atoms with Gasteiger partial charge in [-0.3, -0.25) is 4.79 Å². The summed E-state index contributed by atoms with van der Waals surface area (Å²) in [4.78, 5) is 18.4. The van der Waals surface area contributed by atoms with Gasteiger partial charge >= 0.3 is 0 Å².